The number of carbonyl (C=O) groups is 1. The molecule has 0 aliphatic carbocycles. The molecule has 1 amide bonds. The lowest BCUT2D eigenvalue weighted by atomic mass is 10.3. The molecule has 0 atom stereocenters. The lowest BCUT2D eigenvalue weighted by Gasteiger charge is -2.08. The fourth-order valence-corrected chi connectivity index (χ4v) is 3.29. The highest BCUT2D eigenvalue weighted by Gasteiger charge is 2.18. The van der Waals surface area contributed by atoms with Gasteiger partial charge in [0.05, 0.1) is 5.01 Å². The summed E-state index contributed by atoms with van der Waals surface area (Å²) in [6.45, 7) is 3.63. The number of thiazole rings is 1. The van der Waals surface area contributed by atoms with Crippen LogP contribution < -0.4 is 10.6 Å². The van der Waals surface area contributed by atoms with E-state index in [9.17, 15) is 9.18 Å². The van der Waals surface area contributed by atoms with Crippen LogP contribution in [-0.2, 0) is 0 Å². The van der Waals surface area contributed by atoms with E-state index >= 15 is 0 Å². The summed E-state index contributed by atoms with van der Waals surface area (Å²) in [5, 5.41) is 7.29. The Hall–Kier alpha value is -2.51. The fraction of sp³-hybridized carbons (Fsp3) is 0.118. The second kappa shape index (κ2) is 7.16. The number of rotatable bonds is 4. The van der Waals surface area contributed by atoms with Crippen molar-refractivity contribution in [2.24, 2.45) is 0 Å². The zero-order valence-electron chi connectivity index (χ0n) is 13.4. The van der Waals surface area contributed by atoms with Crippen molar-refractivity contribution in [1.29, 1.82) is 0 Å². The van der Waals surface area contributed by atoms with Gasteiger partial charge in [-0.2, -0.15) is 0 Å². The third-order valence-electron chi connectivity index (χ3n) is 3.22. The number of hydrogen-bond acceptors (Lipinski definition) is 5. The molecule has 25 heavy (non-hydrogen) atoms. The average Bonchev–Trinajstić information content (AvgIpc) is 2.87. The number of aryl methyl sites for hydroxylation is 2. The second-order valence-corrected chi connectivity index (χ2v) is 6.97. The normalized spacial score (nSPS) is 10.6. The molecule has 0 spiro atoms. The standard InChI is InChI=1S/C17H14ClFN4OS/c1-9-5-13(3-4-20-9)22-16(24)15-17(25-10(2)21-15)23-14-7-11(18)6-12(19)8-14/h3-8,23H,1-2H3,(H,20,22,24). The molecular formula is C17H14ClFN4OS. The number of carbonyl (C=O) groups excluding carboxylic acids is 1. The summed E-state index contributed by atoms with van der Waals surface area (Å²) in [4.78, 5) is 20.9. The molecule has 128 valence electrons. The molecule has 0 radical (unpaired) electrons. The van der Waals surface area contributed by atoms with Gasteiger partial charge in [0.25, 0.3) is 5.91 Å². The van der Waals surface area contributed by atoms with Gasteiger partial charge in [-0.25, -0.2) is 9.37 Å². The van der Waals surface area contributed by atoms with Crippen molar-refractivity contribution in [2.75, 3.05) is 10.6 Å². The Balaban J connectivity index is 1.86. The van der Waals surface area contributed by atoms with Crippen LogP contribution in [0.2, 0.25) is 5.02 Å². The number of nitrogens with one attached hydrogen (secondary N) is 2. The molecule has 5 nitrogen and oxygen atoms in total. The second-order valence-electron chi connectivity index (χ2n) is 5.33. The number of hydrogen-bond donors (Lipinski definition) is 2. The first kappa shape index (κ1) is 17.3. The highest BCUT2D eigenvalue weighted by Crippen LogP contribution is 2.30. The SMILES string of the molecule is Cc1cc(NC(=O)c2nc(C)sc2Nc2cc(F)cc(Cl)c2)ccn1. The zero-order chi connectivity index (χ0) is 18.0. The van der Waals surface area contributed by atoms with Crippen LogP contribution in [0.3, 0.4) is 0 Å². The fourth-order valence-electron chi connectivity index (χ4n) is 2.24. The summed E-state index contributed by atoms with van der Waals surface area (Å²) in [5.41, 5.74) is 2.10. The Bertz CT molecular complexity index is 924. The zero-order valence-corrected chi connectivity index (χ0v) is 15.0. The Morgan fingerprint density at radius 1 is 1.20 bits per heavy atom. The van der Waals surface area contributed by atoms with E-state index in [0.29, 0.717) is 21.4 Å². The van der Waals surface area contributed by atoms with Gasteiger partial charge in [-0.3, -0.25) is 9.78 Å². The Kier molecular flexibility index (Phi) is 4.96. The first-order valence-electron chi connectivity index (χ1n) is 7.35. The van der Waals surface area contributed by atoms with Gasteiger partial charge in [0, 0.05) is 28.3 Å². The first-order valence-corrected chi connectivity index (χ1v) is 8.55. The molecule has 8 heteroatoms. The third-order valence-corrected chi connectivity index (χ3v) is 4.33. The quantitative estimate of drug-likeness (QED) is 0.676. The maximum absolute atomic E-state index is 13.5. The summed E-state index contributed by atoms with van der Waals surface area (Å²) in [6, 6.07) is 7.55. The highest BCUT2D eigenvalue weighted by atomic mass is 35.5. The van der Waals surface area contributed by atoms with E-state index in [1.807, 2.05) is 6.92 Å². The Morgan fingerprint density at radius 3 is 2.72 bits per heavy atom. The van der Waals surface area contributed by atoms with Crippen LogP contribution in [0.15, 0.2) is 36.5 Å². The van der Waals surface area contributed by atoms with Gasteiger partial charge >= 0.3 is 0 Å². The van der Waals surface area contributed by atoms with Crippen molar-refractivity contribution in [3.05, 3.63) is 63.8 Å². The van der Waals surface area contributed by atoms with Crippen LogP contribution in [0.25, 0.3) is 0 Å². The lowest BCUT2D eigenvalue weighted by Crippen LogP contribution is -2.14. The lowest BCUT2D eigenvalue weighted by molar-refractivity contribution is 0.102. The van der Waals surface area contributed by atoms with Gasteiger partial charge in [-0.05, 0) is 44.2 Å². The molecule has 3 rings (SSSR count). The molecule has 2 heterocycles. The van der Waals surface area contributed by atoms with E-state index in [1.54, 1.807) is 31.3 Å². The Labute approximate surface area is 152 Å². The molecule has 0 saturated carbocycles. The summed E-state index contributed by atoms with van der Waals surface area (Å²) in [7, 11) is 0. The van der Waals surface area contributed by atoms with Crippen molar-refractivity contribution in [2.45, 2.75) is 13.8 Å². The number of pyridine rings is 1. The van der Waals surface area contributed by atoms with Crippen LogP contribution in [0, 0.1) is 19.7 Å². The van der Waals surface area contributed by atoms with Crippen LogP contribution in [-0.4, -0.2) is 15.9 Å². The molecular weight excluding hydrogens is 363 g/mol. The van der Waals surface area contributed by atoms with Gasteiger partial charge < -0.3 is 10.6 Å². The minimum atomic E-state index is -0.463. The van der Waals surface area contributed by atoms with E-state index < -0.39 is 5.82 Å². The Morgan fingerprint density at radius 2 is 2.00 bits per heavy atom. The van der Waals surface area contributed by atoms with Crippen LogP contribution >= 0.6 is 22.9 Å². The van der Waals surface area contributed by atoms with Crippen molar-refractivity contribution < 1.29 is 9.18 Å². The van der Waals surface area contributed by atoms with Crippen molar-refractivity contribution in [1.82, 2.24) is 9.97 Å². The number of amides is 1. The summed E-state index contributed by atoms with van der Waals surface area (Å²) in [5.74, 6) is -0.825. The monoisotopic (exact) mass is 376 g/mol. The van der Waals surface area contributed by atoms with E-state index in [2.05, 4.69) is 20.6 Å². The van der Waals surface area contributed by atoms with E-state index in [-0.39, 0.29) is 16.6 Å². The van der Waals surface area contributed by atoms with Crippen LogP contribution in [0.1, 0.15) is 21.2 Å². The first-order chi connectivity index (χ1) is 11.9. The molecule has 3 aromatic rings. The van der Waals surface area contributed by atoms with Gasteiger partial charge in [0.2, 0.25) is 0 Å². The smallest absolute Gasteiger partial charge is 0.277 e. The largest absolute Gasteiger partial charge is 0.345 e. The maximum Gasteiger partial charge on any atom is 0.277 e. The van der Waals surface area contributed by atoms with Crippen molar-refractivity contribution >= 4 is 45.2 Å². The predicted molar refractivity (Wildman–Crippen MR) is 98.5 cm³/mol. The topological polar surface area (TPSA) is 66.9 Å². The number of nitrogens with zero attached hydrogens (tertiary/aromatic N) is 2. The summed E-state index contributed by atoms with van der Waals surface area (Å²) < 4.78 is 13.5. The summed E-state index contributed by atoms with van der Waals surface area (Å²) >= 11 is 7.17. The molecule has 1 aromatic carbocycles. The molecule has 0 aliphatic rings. The van der Waals surface area contributed by atoms with Crippen LogP contribution in [0.4, 0.5) is 20.8 Å². The number of anilines is 3. The van der Waals surface area contributed by atoms with Crippen molar-refractivity contribution in [3.63, 3.8) is 0 Å². The molecule has 0 unspecified atom stereocenters. The molecule has 0 fully saturated rings. The minimum Gasteiger partial charge on any atom is -0.345 e. The molecule has 0 saturated heterocycles. The van der Waals surface area contributed by atoms with Gasteiger partial charge in [0.15, 0.2) is 5.69 Å². The molecule has 2 N–H and O–H groups in total. The van der Waals surface area contributed by atoms with E-state index in [4.69, 9.17) is 11.6 Å². The molecule has 2 aromatic heterocycles. The third kappa shape index (κ3) is 4.32. The molecule has 0 aliphatic heterocycles. The van der Waals surface area contributed by atoms with Gasteiger partial charge in [-0.15, -0.1) is 11.3 Å². The van der Waals surface area contributed by atoms with Crippen LogP contribution in [0.5, 0.6) is 0 Å². The average molecular weight is 377 g/mol. The highest BCUT2D eigenvalue weighted by molar-refractivity contribution is 7.16. The molecule has 0 bridgehead atoms. The van der Waals surface area contributed by atoms with E-state index in [1.165, 1.54) is 23.5 Å². The number of halogens is 2. The van der Waals surface area contributed by atoms with E-state index in [0.717, 1.165) is 5.69 Å². The summed E-state index contributed by atoms with van der Waals surface area (Å²) in [6.07, 6.45) is 1.62. The maximum atomic E-state index is 13.5. The predicted octanol–water partition coefficient (Wildman–Crippen LogP) is 4.94. The van der Waals surface area contributed by atoms with Crippen molar-refractivity contribution in [3.8, 4) is 0 Å². The van der Waals surface area contributed by atoms with Gasteiger partial charge in [-0.1, -0.05) is 11.6 Å². The number of benzene rings is 1. The van der Waals surface area contributed by atoms with Gasteiger partial charge in [0.1, 0.15) is 10.8 Å². The number of aromatic nitrogens is 2. The minimum absolute atomic E-state index is 0.234.